The average Bonchev–Trinajstić information content (AvgIpc) is 3.32. The summed E-state index contributed by atoms with van der Waals surface area (Å²) in [5, 5.41) is 0.832. The number of rotatable bonds is 3. The summed E-state index contributed by atoms with van der Waals surface area (Å²) in [6, 6.07) is 23.6. The molecule has 136 valence electrons. The summed E-state index contributed by atoms with van der Waals surface area (Å²) in [7, 11) is 0. The third-order valence-corrected chi connectivity index (χ3v) is 5.40. The van der Waals surface area contributed by atoms with Gasteiger partial charge in [-0.1, -0.05) is 60.7 Å². The lowest BCUT2D eigenvalue weighted by atomic mass is 9.98. The zero-order chi connectivity index (χ0) is 19.1. The summed E-state index contributed by atoms with van der Waals surface area (Å²) in [5.41, 5.74) is 5.76. The summed E-state index contributed by atoms with van der Waals surface area (Å²) < 4.78 is 7.11. The normalized spacial score (nSPS) is 12.6. The first-order valence-electron chi connectivity index (χ1n) is 9.18. The van der Waals surface area contributed by atoms with Crippen molar-refractivity contribution < 1.29 is 14.3 Å². The Labute approximate surface area is 162 Å². The van der Waals surface area contributed by atoms with E-state index in [-0.39, 0.29) is 12.5 Å². The van der Waals surface area contributed by atoms with Crippen LogP contribution in [0, 0.1) is 0 Å². The van der Waals surface area contributed by atoms with Gasteiger partial charge in [-0.3, -0.25) is 9.36 Å². The van der Waals surface area contributed by atoms with Gasteiger partial charge in [0.1, 0.15) is 6.61 Å². The number of ether oxygens (including phenoxy) is 1. The quantitative estimate of drug-likeness (QED) is 0.465. The summed E-state index contributed by atoms with van der Waals surface area (Å²) in [6.45, 7) is 0.246. The number of hydrogen-bond acceptors (Lipinski definition) is 3. The molecule has 0 unspecified atom stereocenters. The Balaban J connectivity index is 1.46. The van der Waals surface area contributed by atoms with E-state index < -0.39 is 6.09 Å². The highest BCUT2D eigenvalue weighted by molar-refractivity contribution is 6.00. The molecule has 0 saturated carbocycles. The van der Waals surface area contributed by atoms with Gasteiger partial charge < -0.3 is 4.74 Å². The molecule has 0 bridgehead atoms. The van der Waals surface area contributed by atoms with Crippen LogP contribution in [0.4, 0.5) is 4.79 Å². The molecular weight excluding hydrogens is 350 g/mol. The molecular formula is C24H17NO3. The number of para-hydroxylation sites is 1. The van der Waals surface area contributed by atoms with Gasteiger partial charge in [0.25, 0.3) is 0 Å². The molecule has 1 aromatic heterocycles. The zero-order valence-electron chi connectivity index (χ0n) is 15.0. The first-order valence-corrected chi connectivity index (χ1v) is 9.18. The van der Waals surface area contributed by atoms with Gasteiger partial charge in [-0.25, -0.2) is 4.79 Å². The molecule has 1 aliphatic carbocycles. The van der Waals surface area contributed by atoms with Gasteiger partial charge >= 0.3 is 6.09 Å². The van der Waals surface area contributed by atoms with E-state index in [1.54, 1.807) is 18.3 Å². The minimum Gasteiger partial charge on any atom is -0.448 e. The lowest BCUT2D eigenvalue weighted by molar-refractivity contribution is 0.112. The number of aromatic nitrogens is 1. The maximum Gasteiger partial charge on any atom is 0.418 e. The Morgan fingerprint density at radius 3 is 2.25 bits per heavy atom. The van der Waals surface area contributed by atoms with E-state index in [2.05, 4.69) is 24.3 Å². The van der Waals surface area contributed by atoms with Gasteiger partial charge in [0.15, 0.2) is 6.29 Å². The fourth-order valence-electron chi connectivity index (χ4n) is 4.13. The van der Waals surface area contributed by atoms with Gasteiger partial charge in [0, 0.05) is 23.1 Å². The van der Waals surface area contributed by atoms with Gasteiger partial charge in [0.2, 0.25) is 0 Å². The van der Waals surface area contributed by atoms with Crippen molar-refractivity contribution in [1.29, 1.82) is 0 Å². The molecule has 0 aliphatic heterocycles. The lowest BCUT2D eigenvalue weighted by Crippen LogP contribution is -2.17. The smallest absolute Gasteiger partial charge is 0.418 e. The average molecular weight is 367 g/mol. The van der Waals surface area contributed by atoms with Crippen LogP contribution >= 0.6 is 0 Å². The highest BCUT2D eigenvalue weighted by atomic mass is 16.5. The Kier molecular flexibility index (Phi) is 3.83. The summed E-state index contributed by atoms with van der Waals surface area (Å²) in [6.07, 6.45) is 1.93. The molecule has 0 saturated heterocycles. The summed E-state index contributed by atoms with van der Waals surface area (Å²) in [5.74, 6) is 0.00344. The first-order chi connectivity index (χ1) is 13.8. The second-order valence-electron chi connectivity index (χ2n) is 6.89. The van der Waals surface area contributed by atoms with Crippen LogP contribution in [0.25, 0.3) is 22.0 Å². The largest absolute Gasteiger partial charge is 0.448 e. The Bertz CT molecular complexity index is 1180. The SMILES string of the molecule is O=Cc1cccc2ccn(C(=O)OCC3c4ccccc4-c4ccccc43)c12. The molecule has 1 aliphatic rings. The topological polar surface area (TPSA) is 48.3 Å². The van der Waals surface area contributed by atoms with Crippen molar-refractivity contribution in [2.45, 2.75) is 5.92 Å². The Morgan fingerprint density at radius 1 is 0.893 bits per heavy atom. The van der Waals surface area contributed by atoms with E-state index in [9.17, 15) is 9.59 Å². The maximum absolute atomic E-state index is 12.8. The zero-order valence-corrected chi connectivity index (χ0v) is 15.0. The van der Waals surface area contributed by atoms with Crippen molar-refractivity contribution in [3.8, 4) is 11.1 Å². The van der Waals surface area contributed by atoms with E-state index >= 15 is 0 Å². The fraction of sp³-hybridized carbons (Fsp3) is 0.0833. The Hall–Kier alpha value is -3.66. The first kappa shape index (κ1) is 16.5. The molecule has 0 atom stereocenters. The van der Waals surface area contributed by atoms with E-state index in [4.69, 9.17) is 4.74 Å². The highest BCUT2D eigenvalue weighted by Crippen LogP contribution is 2.44. The van der Waals surface area contributed by atoms with E-state index in [1.807, 2.05) is 36.4 Å². The molecule has 5 rings (SSSR count). The monoisotopic (exact) mass is 367 g/mol. The molecule has 4 aromatic rings. The molecule has 0 fully saturated rings. The highest BCUT2D eigenvalue weighted by Gasteiger charge is 2.29. The molecule has 28 heavy (non-hydrogen) atoms. The number of fused-ring (bicyclic) bond motifs is 4. The van der Waals surface area contributed by atoms with Crippen molar-refractivity contribution in [3.05, 3.63) is 95.7 Å². The van der Waals surface area contributed by atoms with Crippen LogP contribution in [0.1, 0.15) is 27.4 Å². The van der Waals surface area contributed by atoms with Crippen molar-refractivity contribution in [1.82, 2.24) is 4.57 Å². The van der Waals surface area contributed by atoms with Gasteiger partial charge in [-0.05, 0) is 34.4 Å². The maximum atomic E-state index is 12.8. The molecule has 1 heterocycles. The second-order valence-corrected chi connectivity index (χ2v) is 6.89. The molecule has 0 spiro atoms. The van der Waals surface area contributed by atoms with Gasteiger partial charge in [-0.15, -0.1) is 0 Å². The molecule has 3 aromatic carbocycles. The van der Waals surface area contributed by atoms with Crippen LogP contribution in [-0.2, 0) is 4.74 Å². The van der Waals surface area contributed by atoms with Crippen LogP contribution in [0.15, 0.2) is 79.0 Å². The predicted octanol–water partition coefficient (Wildman–Crippen LogP) is 5.25. The number of nitrogens with zero attached hydrogens (tertiary/aromatic N) is 1. The molecule has 0 radical (unpaired) electrons. The second kappa shape index (κ2) is 6.50. The minimum absolute atomic E-state index is 0.00344. The van der Waals surface area contributed by atoms with Crippen molar-refractivity contribution >= 4 is 23.3 Å². The van der Waals surface area contributed by atoms with Crippen molar-refractivity contribution in [2.24, 2.45) is 0 Å². The van der Waals surface area contributed by atoms with Crippen LogP contribution in [-0.4, -0.2) is 23.6 Å². The van der Waals surface area contributed by atoms with E-state index in [0.717, 1.165) is 11.7 Å². The number of aldehydes is 1. The molecule has 0 amide bonds. The fourth-order valence-corrected chi connectivity index (χ4v) is 4.13. The van der Waals surface area contributed by atoms with Crippen LogP contribution in [0.5, 0.6) is 0 Å². The van der Waals surface area contributed by atoms with Crippen LogP contribution in [0.2, 0.25) is 0 Å². The molecule has 4 heteroatoms. The third kappa shape index (κ3) is 2.46. The van der Waals surface area contributed by atoms with Gasteiger partial charge in [-0.2, -0.15) is 0 Å². The summed E-state index contributed by atoms with van der Waals surface area (Å²) in [4.78, 5) is 24.2. The number of benzene rings is 3. The molecule has 4 nitrogen and oxygen atoms in total. The Morgan fingerprint density at radius 2 is 1.57 bits per heavy atom. The predicted molar refractivity (Wildman–Crippen MR) is 108 cm³/mol. The number of carbonyl (C=O) groups excluding carboxylic acids is 2. The summed E-state index contributed by atoms with van der Waals surface area (Å²) >= 11 is 0. The van der Waals surface area contributed by atoms with E-state index in [1.165, 1.54) is 26.8 Å². The minimum atomic E-state index is -0.480. The van der Waals surface area contributed by atoms with Crippen molar-refractivity contribution in [3.63, 3.8) is 0 Å². The van der Waals surface area contributed by atoms with E-state index in [0.29, 0.717) is 11.1 Å². The van der Waals surface area contributed by atoms with Crippen molar-refractivity contribution in [2.75, 3.05) is 6.61 Å². The van der Waals surface area contributed by atoms with Crippen LogP contribution in [0.3, 0.4) is 0 Å². The number of carbonyl (C=O) groups is 2. The molecule has 0 N–H and O–H groups in total. The standard InChI is InChI=1S/C24H17NO3/c26-14-17-7-5-6-16-12-13-25(23(16)17)24(27)28-15-22-20-10-3-1-8-18(20)19-9-2-4-11-21(19)22/h1-14,22H,15H2. The third-order valence-electron chi connectivity index (χ3n) is 5.40. The van der Waals surface area contributed by atoms with Gasteiger partial charge in [0.05, 0.1) is 5.52 Å². The number of hydrogen-bond donors (Lipinski definition) is 0. The lowest BCUT2D eigenvalue weighted by Gasteiger charge is -2.15. The van der Waals surface area contributed by atoms with Crippen LogP contribution < -0.4 is 0 Å².